The molecule has 0 unspecified atom stereocenters. The Bertz CT molecular complexity index is 877. The Balaban J connectivity index is 1.44. The molecule has 3 amide bonds. The molecule has 154 valence electrons. The number of urea groups is 1. The van der Waals surface area contributed by atoms with Gasteiger partial charge in [0.15, 0.2) is 11.5 Å². The molecule has 10 heteroatoms. The molecule has 8 nitrogen and oxygen atoms in total. The van der Waals surface area contributed by atoms with Gasteiger partial charge >= 0.3 is 12.6 Å². The molecule has 0 aromatic heterocycles. The summed E-state index contributed by atoms with van der Waals surface area (Å²) < 4.78 is 39.0. The highest BCUT2D eigenvalue weighted by molar-refractivity contribution is 6.01. The molecule has 0 radical (unpaired) electrons. The Labute approximate surface area is 165 Å². The average molecular weight is 407 g/mol. The van der Waals surface area contributed by atoms with E-state index in [1.54, 1.807) is 42.3 Å². The summed E-state index contributed by atoms with van der Waals surface area (Å²) in [5.74, 6) is 0.661. The molecule has 0 aliphatic carbocycles. The van der Waals surface area contributed by atoms with Crippen LogP contribution in [-0.2, 0) is 11.3 Å². The van der Waals surface area contributed by atoms with Crippen molar-refractivity contribution in [2.24, 2.45) is 0 Å². The highest BCUT2D eigenvalue weighted by atomic mass is 19.3. The molecule has 2 aromatic rings. The molecule has 0 atom stereocenters. The van der Waals surface area contributed by atoms with Gasteiger partial charge in [-0.05, 0) is 36.9 Å². The van der Waals surface area contributed by atoms with Crippen molar-refractivity contribution in [1.82, 2.24) is 10.2 Å². The van der Waals surface area contributed by atoms with E-state index in [0.29, 0.717) is 23.7 Å². The van der Waals surface area contributed by atoms with Crippen LogP contribution in [0.1, 0.15) is 5.56 Å². The number of imide groups is 1. The molecular weight excluding hydrogens is 388 g/mol. The van der Waals surface area contributed by atoms with Crippen molar-refractivity contribution in [1.29, 1.82) is 0 Å². The topological polar surface area (TPSA) is 89.1 Å². The molecule has 0 spiro atoms. The highest BCUT2D eigenvalue weighted by Gasteiger charge is 2.15. The van der Waals surface area contributed by atoms with E-state index in [0.717, 1.165) is 5.56 Å². The first kappa shape index (κ1) is 20.3. The second-order valence-corrected chi connectivity index (χ2v) is 6.27. The number of nitrogens with zero attached hydrogens (tertiary/aromatic N) is 1. The van der Waals surface area contributed by atoms with Gasteiger partial charge in [0, 0.05) is 18.3 Å². The molecule has 2 aromatic carbocycles. The van der Waals surface area contributed by atoms with Crippen LogP contribution in [0.5, 0.6) is 17.2 Å². The van der Waals surface area contributed by atoms with Crippen molar-refractivity contribution in [3.05, 3.63) is 48.0 Å². The van der Waals surface area contributed by atoms with Crippen LogP contribution in [0.2, 0.25) is 0 Å². The largest absolute Gasteiger partial charge is 0.454 e. The minimum absolute atomic E-state index is 0.0379. The van der Waals surface area contributed by atoms with Gasteiger partial charge in [0.05, 0.1) is 6.54 Å². The Kier molecular flexibility index (Phi) is 6.45. The summed E-state index contributed by atoms with van der Waals surface area (Å²) in [5, 5.41) is 4.78. The van der Waals surface area contributed by atoms with Gasteiger partial charge in [-0.3, -0.25) is 15.0 Å². The minimum atomic E-state index is -2.88. The van der Waals surface area contributed by atoms with Crippen LogP contribution in [-0.4, -0.2) is 43.8 Å². The number of carbonyl (C=O) groups excluding carboxylic acids is 2. The number of anilines is 1. The number of carbonyl (C=O) groups is 2. The van der Waals surface area contributed by atoms with Crippen LogP contribution in [0, 0.1) is 0 Å². The lowest BCUT2D eigenvalue weighted by Crippen LogP contribution is -2.40. The molecule has 0 saturated heterocycles. The summed E-state index contributed by atoms with van der Waals surface area (Å²) in [6, 6.07) is 10.3. The molecule has 0 saturated carbocycles. The molecular formula is C19H19F2N3O5. The van der Waals surface area contributed by atoms with Crippen molar-refractivity contribution in [3.8, 4) is 17.2 Å². The zero-order valence-electron chi connectivity index (χ0n) is 15.5. The lowest BCUT2D eigenvalue weighted by Gasteiger charge is -2.16. The summed E-state index contributed by atoms with van der Waals surface area (Å²) in [6.45, 7) is -2.41. The Morgan fingerprint density at radius 2 is 1.86 bits per heavy atom. The van der Waals surface area contributed by atoms with Crippen LogP contribution < -0.4 is 24.8 Å². The maximum Gasteiger partial charge on any atom is 0.387 e. The monoisotopic (exact) mass is 407 g/mol. The molecule has 0 fully saturated rings. The van der Waals surface area contributed by atoms with Crippen molar-refractivity contribution >= 4 is 17.6 Å². The number of amides is 3. The third kappa shape index (κ3) is 6.04. The van der Waals surface area contributed by atoms with E-state index in [-0.39, 0.29) is 19.1 Å². The quantitative estimate of drug-likeness (QED) is 0.734. The second kappa shape index (κ2) is 9.20. The molecule has 29 heavy (non-hydrogen) atoms. The predicted octanol–water partition coefficient (Wildman–Crippen LogP) is 2.80. The number of alkyl halides is 2. The Hall–Kier alpha value is -3.40. The first-order valence-electron chi connectivity index (χ1n) is 8.62. The maximum absolute atomic E-state index is 12.2. The number of ether oxygens (including phenoxy) is 3. The number of rotatable bonds is 7. The zero-order chi connectivity index (χ0) is 20.8. The molecule has 3 rings (SSSR count). The summed E-state index contributed by atoms with van der Waals surface area (Å²) in [6.07, 6.45) is 0. The van der Waals surface area contributed by atoms with Gasteiger partial charge in [-0.15, -0.1) is 0 Å². The number of likely N-dealkylation sites (N-methyl/N-ethyl adjacent to an activating group) is 1. The number of hydrogen-bond acceptors (Lipinski definition) is 6. The maximum atomic E-state index is 12.2. The molecule has 2 N–H and O–H groups in total. The SMILES string of the molecule is CN(CC(=O)NC(=O)Nc1ccc2c(c1)OCO2)Cc1ccc(OC(F)F)cc1. The fourth-order valence-corrected chi connectivity index (χ4v) is 2.69. The predicted molar refractivity (Wildman–Crippen MR) is 99.1 cm³/mol. The van der Waals surface area contributed by atoms with Crippen molar-refractivity contribution < 1.29 is 32.6 Å². The molecule has 0 bridgehead atoms. The van der Waals surface area contributed by atoms with E-state index in [2.05, 4.69) is 15.4 Å². The van der Waals surface area contributed by atoms with Crippen molar-refractivity contribution in [2.45, 2.75) is 13.2 Å². The van der Waals surface area contributed by atoms with Crippen molar-refractivity contribution in [2.75, 3.05) is 25.7 Å². The van der Waals surface area contributed by atoms with Gasteiger partial charge in [-0.2, -0.15) is 8.78 Å². The van der Waals surface area contributed by atoms with E-state index in [1.807, 2.05) is 0 Å². The average Bonchev–Trinajstić information content (AvgIpc) is 3.10. The van der Waals surface area contributed by atoms with Gasteiger partial charge in [0.25, 0.3) is 0 Å². The number of benzene rings is 2. The van der Waals surface area contributed by atoms with E-state index in [1.165, 1.54) is 12.1 Å². The van der Waals surface area contributed by atoms with Gasteiger partial charge in [-0.1, -0.05) is 12.1 Å². The molecule has 1 heterocycles. The van der Waals surface area contributed by atoms with Crippen LogP contribution in [0.4, 0.5) is 19.3 Å². The van der Waals surface area contributed by atoms with Crippen molar-refractivity contribution in [3.63, 3.8) is 0 Å². The number of nitrogens with one attached hydrogen (secondary N) is 2. The van der Waals surface area contributed by atoms with E-state index >= 15 is 0 Å². The zero-order valence-corrected chi connectivity index (χ0v) is 15.5. The highest BCUT2D eigenvalue weighted by Crippen LogP contribution is 2.34. The van der Waals surface area contributed by atoms with Crippen LogP contribution in [0.15, 0.2) is 42.5 Å². The van der Waals surface area contributed by atoms with Crippen LogP contribution in [0.3, 0.4) is 0 Å². The Morgan fingerprint density at radius 3 is 2.59 bits per heavy atom. The molecule has 1 aliphatic heterocycles. The van der Waals surface area contributed by atoms with E-state index in [4.69, 9.17) is 9.47 Å². The smallest absolute Gasteiger partial charge is 0.387 e. The molecule has 1 aliphatic rings. The summed E-state index contributed by atoms with van der Waals surface area (Å²) >= 11 is 0. The first-order chi connectivity index (χ1) is 13.9. The normalized spacial score (nSPS) is 12.2. The van der Waals surface area contributed by atoms with Gasteiger partial charge in [0.1, 0.15) is 5.75 Å². The standard InChI is InChI=1S/C19H19F2N3O5/c1-24(9-12-2-5-14(6-3-12)29-18(20)21)10-17(25)23-19(26)22-13-4-7-15-16(8-13)28-11-27-15/h2-8,18H,9-11H2,1H3,(H2,22,23,25,26). The summed E-state index contributed by atoms with van der Waals surface area (Å²) in [4.78, 5) is 25.7. The third-order valence-electron chi connectivity index (χ3n) is 3.90. The first-order valence-corrected chi connectivity index (χ1v) is 8.62. The third-order valence-corrected chi connectivity index (χ3v) is 3.90. The van der Waals surface area contributed by atoms with Gasteiger partial charge in [-0.25, -0.2) is 4.79 Å². The lowest BCUT2D eigenvalue weighted by molar-refractivity contribution is -0.120. The van der Waals surface area contributed by atoms with Crippen LogP contribution >= 0.6 is 0 Å². The minimum Gasteiger partial charge on any atom is -0.454 e. The van der Waals surface area contributed by atoms with Gasteiger partial charge in [0.2, 0.25) is 12.7 Å². The fourth-order valence-electron chi connectivity index (χ4n) is 2.69. The number of fused-ring (bicyclic) bond motifs is 1. The summed E-state index contributed by atoms with van der Waals surface area (Å²) in [5.41, 5.74) is 1.26. The number of hydrogen-bond donors (Lipinski definition) is 2. The van der Waals surface area contributed by atoms with E-state index in [9.17, 15) is 18.4 Å². The van der Waals surface area contributed by atoms with E-state index < -0.39 is 18.5 Å². The van der Waals surface area contributed by atoms with Gasteiger partial charge < -0.3 is 19.5 Å². The second-order valence-electron chi connectivity index (χ2n) is 6.27. The van der Waals surface area contributed by atoms with Crippen LogP contribution in [0.25, 0.3) is 0 Å². The summed E-state index contributed by atoms with van der Waals surface area (Å²) in [7, 11) is 1.69. The Morgan fingerprint density at radius 1 is 1.14 bits per heavy atom. The lowest BCUT2D eigenvalue weighted by atomic mass is 10.2. The fraction of sp³-hybridized carbons (Fsp3) is 0.263. The number of halogens is 2.